The third-order valence-corrected chi connectivity index (χ3v) is 3.25. The molecule has 1 saturated heterocycles. The SMILES string of the molecule is O=C(O)[C@@H]1CN(Cc2ccc(C(F)(F)F)cc2)CCN1. The van der Waals surface area contributed by atoms with Crippen molar-refractivity contribution >= 4 is 5.97 Å². The molecule has 0 bridgehead atoms. The first-order chi connectivity index (χ1) is 9.36. The molecule has 0 spiro atoms. The zero-order chi connectivity index (χ0) is 14.8. The molecule has 0 unspecified atom stereocenters. The van der Waals surface area contributed by atoms with E-state index in [4.69, 9.17) is 5.11 Å². The first kappa shape index (κ1) is 14.8. The quantitative estimate of drug-likeness (QED) is 0.886. The second-order valence-electron chi connectivity index (χ2n) is 4.77. The lowest BCUT2D eigenvalue weighted by Gasteiger charge is -2.31. The van der Waals surface area contributed by atoms with E-state index in [1.54, 1.807) is 0 Å². The zero-order valence-electron chi connectivity index (χ0n) is 10.7. The number of nitrogens with one attached hydrogen (secondary N) is 1. The van der Waals surface area contributed by atoms with Gasteiger partial charge in [-0.1, -0.05) is 12.1 Å². The summed E-state index contributed by atoms with van der Waals surface area (Å²) in [6, 6.07) is 4.33. The Labute approximate surface area is 114 Å². The van der Waals surface area contributed by atoms with E-state index < -0.39 is 23.8 Å². The molecule has 2 rings (SSSR count). The molecule has 2 N–H and O–H groups in total. The molecule has 110 valence electrons. The van der Waals surface area contributed by atoms with Gasteiger partial charge in [0.15, 0.2) is 0 Å². The number of carboxylic acid groups (broad SMARTS) is 1. The summed E-state index contributed by atoms with van der Waals surface area (Å²) < 4.78 is 37.3. The van der Waals surface area contributed by atoms with Crippen LogP contribution in [-0.2, 0) is 17.5 Å². The van der Waals surface area contributed by atoms with Crippen molar-refractivity contribution in [3.8, 4) is 0 Å². The van der Waals surface area contributed by atoms with Crippen molar-refractivity contribution in [2.24, 2.45) is 0 Å². The summed E-state index contributed by atoms with van der Waals surface area (Å²) in [6.07, 6.45) is -4.33. The van der Waals surface area contributed by atoms with Crippen molar-refractivity contribution in [3.63, 3.8) is 0 Å². The molecule has 0 aromatic heterocycles. The summed E-state index contributed by atoms with van der Waals surface area (Å²) in [6.45, 7) is 2.02. The van der Waals surface area contributed by atoms with Crippen LogP contribution in [0.2, 0.25) is 0 Å². The molecule has 1 atom stereocenters. The van der Waals surface area contributed by atoms with E-state index in [1.165, 1.54) is 12.1 Å². The second-order valence-corrected chi connectivity index (χ2v) is 4.77. The average Bonchev–Trinajstić information content (AvgIpc) is 2.38. The first-order valence-electron chi connectivity index (χ1n) is 6.21. The Hall–Kier alpha value is -1.60. The van der Waals surface area contributed by atoms with Gasteiger partial charge in [0.1, 0.15) is 6.04 Å². The maximum Gasteiger partial charge on any atom is 0.416 e. The maximum atomic E-state index is 12.4. The lowest BCUT2D eigenvalue weighted by Crippen LogP contribution is -2.53. The molecule has 0 saturated carbocycles. The Morgan fingerprint density at radius 3 is 2.55 bits per heavy atom. The predicted molar refractivity (Wildman–Crippen MR) is 66.1 cm³/mol. The lowest BCUT2D eigenvalue weighted by atomic mass is 10.1. The molecule has 1 aliphatic rings. The Balaban J connectivity index is 1.98. The number of hydrogen-bond donors (Lipinski definition) is 2. The number of carboxylic acids is 1. The fraction of sp³-hybridized carbons (Fsp3) is 0.462. The number of halogens is 3. The van der Waals surface area contributed by atoms with E-state index in [1.807, 2.05) is 4.90 Å². The minimum Gasteiger partial charge on any atom is -0.480 e. The fourth-order valence-electron chi connectivity index (χ4n) is 2.18. The molecule has 7 heteroatoms. The molecular formula is C13H15F3N2O2. The van der Waals surface area contributed by atoms with E-state index in [0.717, 1.165) is 17.7 Å². The lowest BCUT2D eigenvalue weighted by molar-refractivity contribution is -0.141. The summed E-state index contributed by atoms with van der Waals surface area (Å²) in [5.74, 6) is -0.915. The van der Waals surface area contributed by atoms with Crippen LogP contribution in [-0.4, -0.2) is 41.7 Å². The van der Waals surface area contributed by atoms with Crippen LogP contribution in [0.5, 0.6) is 0 Å². The Bertz CT molecular complexity index is 473. The Morgan fingerprint density at radius 1 is 1.35 bits per heavy atom. The number of alkyl halides is 3. The van der Waals surface area contributed by atoms with Crippen LogP contribution in [0.4, 0.5) is 13.2 Å². The van der Waals surface area contributed by atoms with Crippen molar-refractivity contribution < 1.29 is 23.1 Å². The van der Waals surface area contributed by atoms with E-state index >= 15 is 0 Å². The first-order valence-corrected chi connectivity index (χ1v) is 6.21. The largest absolute Gasteiger partial charge is 0.480 e. The molecule has 1 aromatic rings. The van der Waals surface area contributed by atoms with Gasteiger partial charge in [-0.2, -0.15) is 13.2 Å². The van der Waals surface area contributed by atoms with Gasteiger partial charge in [0.2, 0.25) is 0 Å². The predicted octanol–water partition coefficient (Wildman–Crippen LogP) is 1.56. The monoisotopic (exact) mass is 288 g/mol. The summed E-state index contributed by atoms with van der Waals surface area (Å²) in [5, 5.41) is 11.8. The molecule has 4 nitrogen and oxygen atoms in total. The number of hydrogen-bond acceptors (Lipinski definition) is 3. The van der Waals surface area contributed by atoms with Crippen molar-refractivity contribution in [2.45, 2.75) is 18.8 Å². The highest BCUT2D eigenvalue weighted by Gasteiger charge is 2.30. The molecule has 1 fully saturated rings. The van der Waals surface area contributed by atoms with Gasteiger partial charge in [-0.25, -0.2) is 0 Å². The molecule has 20 heavy (non-hydrogen) atoms. The molecular weight excluding hydrogens is 273 g/mol. The smallest absolute Gasteiger partial charge is 0.416 e. The van der Waals surface area contributed by atoms with Crippen LogP contribution in [0.3, 0.4) is 0 Å². The number of piperazine rings is 1. The van der Waals surface area contributed by atoms with E-state index in [0.29, 0.717) is 26.2 Å². The van der Waals surface area contributed by atoms with Crippen LogP contribution in [0.15, 0.2) is 24.3 Å². The Kier molecular flexibility index (Phi) is 4.29. The number of rotatable bonds is 3. The molecule has 0 amide bonds. The van der Waals surface area contributed by atoms with Gasteiger partial charge in [-0.3, -0.25) is 9.69 Å². The van der Waals surface area contributed by atoms with Crippen molar-refractivity contribution in [1.29, 1.82) is 0 Å². The molecule has 0 radical (unpaired) electrons. The van der Waals surface area contributed by atoms with Gasteiger partial charge < -0.3 is 10.4 Å². The van der Waals surface area contributed by atoms with Gasteiger partial charge in [-0.05, 0) is 17.7 Å². The van der Waals surface area contributed by atoms with Gasteiger partial charge in [0.25, 0.3) is 0 Å². The van der Waals surface area contributed by atoms with Crippen LogP contribution in [0.1, 0.15) is 11.1 Å². The summed E-state index contributed by atoms with van der Waals surface area (Å²) in [7, 11) is 0. The standard InChI is InChI=1S/C13H15F3N2O2/c14-13(15,16)10-3-1-9(2-4-10)7-18-6-5-17-11(8-18)12(19)20/h1-4,11,17H,5-8H2,(H,19,20)/t11-/m0/s1. The highest BCUT2D eigenvalue weighted by atomic mass is 19.4. The van der Waals surface area contributed by atoms with Gasteiger partial charge in [0, 0.05) is 26.2 Å². The van der Waals surface area contributed by atoms with Crippen molar-refractivity contribution in [1.82, 2.24) is 10.2 Å². The number of carbonyl (C=O) groups is 1. The number of benzene rings is 1. The molecule has 1 aliphatic heterocycles. The molecule has 1 heterocycles. The van der Waals surface area contributed by atoms with Crippen LogP contribution in [0.25, 0.3) is 0 Å². The number of aliphatic carboxylic acids is 1. The van der Waals surface area contributed by atoms with Gasteiger partial charge >= 0.3 is 12.1 Å². The minimum atomic E-state index is -4.33. The average molecular weight is 288 g/mol. The van der Waals surface area contributed by atoms with Crippen LogP contribution < -0.4 is 5.32 Å². The highest BCUT2D eigenvalue weighted by Crippen LogP contribution is 2.29. The third-order valence-electron chi connectivity index (χ3n) is 3.25. The van der Waals surface area contributed by atoms with E-state index in [9.17, 15) is 18.0 Å². The minimum absolute atomic E-state index is 0.344. The molecule has 1 aromatic carbocycles. The van der Waals surface area contributed by atoms with E-state index in [2.05, 4.69) is 5.32 Å². The Morgan fingerprint density at radius 2 is 2.00 bits per heavy atom. The third kappa shape index (κ3) is 3.71. The van der Waals surface area contributed by atoms with Gasteiger partial charge in [-0.15, -0.1) is 0 Å². The van der Waals surface area contributed by atoms with E-state index in [-0.39, 0.29) is 0 Å². The normalized spacial score (nSPS) is 20.9. The fourth-order valence-corrected chi connectivity index (χ4v) is 2.18. The van der Waals surface area contributed by atoms with Crippen LogP contribution >= 0.6 is 0 Å². The second kappa shape index (κ2) is 5.80. The molecule has 0 aliphatic carbocycles. The zero-order valence-corrected chi connectivity index (χ0v) is 10.7. The summed E-state index contributed by atoms with van der Waals surface area (Å²) >= 11 is 0. The summed E-state index contributed by atoms with van der Waals surface area (Å²) in [4.78, 5) is 12.8. The number of nitrogens with zero attached hydrogens (tertiary/aromatic N) is 1. The maximum absolute atomic E-state index is 12.4. The summed E-state index contributed by atoms with van der Waals surface area (Å²) in [5.41, 5.74) is 0.0639. The van der Waals surface area contributed by atoms with Crippen molar-refractivity contribution in [3.05, 3.63) is 35.4 Å². The van der Waals surface area contributed by atoms with Crippen molar-refractivity contribution in [2.75, 3.05) is 19.6 Å². The van der Waals surface area contributed by atoms with Crippen LogP contribution in [0, 0.1) is 0 Å². The highest BCUT2D eigenvalue weighted by molar-refractivity contribution is 5.73. The topological polar surface area (TPSA) is 52.6 Å². The van der Waals surface area contributed by atoms with Gasteiger partial charge in [0.05, 0.1) is 5.56 Å².